The average molecular weight is 530 g/mol. The summed E-state index contributed by atoms with van der Waals surface area (Å²) in [7, 11) is -3.77. The van der Waals surface area contributed by atoms with Crippen molar-refractivity contribution in [3.05, 3.63) is 57.5 Å². The van der Waals surface area contributed by atoms with E-state index in [-0.39, 0.29) is 41.6 Å². The van der Waals surface area contributed by atoms with Crippen molar-refractivity contribution < 1.29 is 17.9 Å². The Bertz CT molecular complexity index is 1040. The second-order valence-corrected chi connectivity index (χ2v) is 10.7. The molecule has 1 amide bonds. The van der Waals surface area contributed by atoms with Crippen molar-refractivity contribution in [3.63, 3.8) is 0 Å². The molecule has 168 valence electrons. The standard InChI is InChI=1S/C22H26BrClN2O4S/c1-3-30-20-8-7-19(24)14-21(20)31(28,29)26-11-9-16(10-12-26)22(27)25-15(2)17-5-4-6-18(23)13-17/h4-8,13-16H,3,9-12H2,1-2H3,(H,25,27). The van der Waals surface area contributed by atoms with Gasteiger partial charge in [-0.2, -0.15) is 4.31 Å². The monoisotopic (exact) mass is 528 g/mol. The molecule has 1 unspecified atom stereocenters. The lowest BCUT2D eigenvalue weighted by atomic mass is 9.96. The molecule has 0 spiro atoms. The first-order valence-corrected chi connectivity index (χ1v) is 12.8. The number of nitrogens with one attached hydrogen (secondary N) is 1. The van der Waals surface area contributed by atoms with E-state index in [9.17, 15) is 13.2 Å². The van der Waals surface area contributed by atoms with Gasteiger partial charge in [-0.1, -0.05) is 39.7 Å². The fourth-order valence-corrected chi connectivity index (χ4v) is 5.93. The molecular formula is C22H26BrClN2O4S. The number of sulfonamides is 1. The van der Waals surface area contributed by atoms with Crippen LogP contribution < -0.4 is 10.1 Å². The molecular weight excluding hydrogens is 504 g/mol. The van der Waals surface area contributed by atoms with Crippen molar-refractivity contribution >= 4 is 43.5 Å². The minimum Gasteiger partial charge on any atom is -0.492 e. The van der Waals surface area contributed by atoms with Crippen molar-refractivity contribution in [1.29, 1.82) is 0 Å². The quantitative estimate of drug-likeness (QED) is 0.560. The topological polar surface area (TPSA) is 75.7 Å². The number of nitrogens with zero attached hydrogens (tertiary/aromatic N) is 1. The Morgan fingerprint density at radius 3 is 2.61 bits per heavy atom. The van der Waals surface area contributed by atoms with Gasteiger partial charge in [0, 0.05) is 28.5 Å². The zero-order chi connectivity index (χ0) is 22.6. The highest BCUT2D eigenvalue weighted by Gasteiger charge is 2.34. The van der Waals surface area contributed by atoms with Crippen LogP contribution in [0.15, 0.2) is 51.8 Å². The predicted octanol–water partition coefficient (Wildman–Crippen LogP) is 4.78. The van der Waals surface area contributed by atoms with E-state index < -0.39 is 10.0 Å². The van der Waals surface area contributed by atoms with E-state index in [1.165, 1.54) is 10.4 Å². The zero-order valence-electron chi connectivity index (χ0n) is 17.5. The van der Waals surface area contributed by atoms with Crippen LogP contribution in [0, 0.1) is 5.92 Å². The molecule has 0 aliphatic carbocycles. The van der Waals surface area contributed by atoms with Crippen LogP contribution in [-0.4, -0.2) is 38.3 Å². The van der Waals surface area contributed by atoms with E-state index >= 15 is 0 Å². The van der Waals surface area contributed by atoms with Gasteiger partial charge < -0.3 is 10.1 Å². The summed E-state index contributed by atoms with van der Waals surface area (Å²) in [5, 5.41) is 3.38. The van der Waals surface area contributed by atoms with Crippen molar-refractivity contribution in [3.8, 4) is 5.75 Å². The maximum absolute atomic E-state index is 13.2. The molecule has 31 heavy (non-hydrogen) atoms. The van der Waals surface area contributed by atoms with Crippen LogP contribution in [0.2, 0.25) is 5.02 Å². The minimum atomic E-state index is -3.77. The second kappa shape index (κ2) is 10.3. The maximum Gasteiger partial charge on any atom is 0.246 e. The summed E-state index contributed by atoms with van der Waals surface area (Å²) in [5.41, 5.74) is 1.01. The summed E-state index contributed by atoms with van der Waals surface area (Å²) >= 11 is 9.49. The first-order chi connectivity index (χ1) is 14.7. The highest BCUT2D eigenvalue weighted by Crippen LogP contribution is 2.32. The van der Waals surface area contributed by atoms with Gasteiger partial charge >= 0.3 is 0 Å². The third-order valence-electron chi connectivity index (χ3n) is 5.36. The third kappa shape index (κ3) is 5.80. The Balaban J connectivity index is 1.65. The lowest BCUT2D eigenvalue weighted by molar-refractivity contribution is -0.126. The lowest BCUT2D eigenvalue weighted by Crippen LogP contribution is -2.43. The number of piperidine rings is 1. The first-order valence-electron chi connectivity index (χ1n) is 10.2. The highest BCUT2D eigenvalue weighted by atomic mass is 79.9. The summed E-state index contributed by atoms with van der Waals surface area (Å²) in [6, 6.07) is 12.3. The molecule has 3 rings (SSSR count). The maximum atomic E-state index is 13.2. The molecule has 2 aromatic carbocycles. The number of hydrogen-bond acceptors (Lipinski definition) is 4. The molecule has 6 nitrogen and oxygen atoms in total. The molecule has 9 heteroatoms. The SMILES string of the molecule is CCOc1ccc(Cl)cc1S(=O)(=O)N1CCC(C(=O)NC(C)c2cccc(Br)c2)CC1. The van der Waals surface area contributed by atoms with Crippen molar-refractivity contribution in [2.24, 2.45) is 5.92 Å². The first kappa shape index (κ1) is 24.0. The fraction of sp³-hybridized carbons (Fsp3) is 0.409. The van der Waals surface area contributed by atoms with E-state index in [4.69, 9.17) is 16.3 Å². The van der Waals surface area contributed by atoms with E-state index in [2.05, 4.69) is 21.2 Å². The van der Waals surface area contributed by atoms with Crippen molar-refractivity contribution in [2.45, 2.75) is 37.6 Å². The summed E-state index contributed by atoms with van der Waals surface area (Å²) in [6.07, 6.45) is 0.918. The van der Waals surface area contributed by atoms with Gasteiger partial charge in [-0.3, -0.25) is 4.79 Å². The highest BCUT2D eigenvalue weighted by molar-refractivity contribution is 9.10. The summed E-state index contributed by atoms with van der Waals surface area (Å²) in [6.45, 7) is 4.62. The van der Waals surface area contributed by atoms with Crippen LogP contribution >= 0.6 is 27.5 Å². The van der Waals surface area contributed by atoms with Crippen molar-refractivity contribution in [2.75, 3.05) is 19.7 Å². The lowest BCUT2D eigenvalue weighted by Gasteiger charge is -2.31. The van der Waals surface area contributed by atoms with Gasteiger partial charge in [-0.15, -0.1) is 0 Å². The summed E-state index contributed by atoms with van der Waals surface area (Å²) in [4.78, 5) is 12.8. The van der Waals surface area contributed by atoms with Crippen LogP contribution in [-0.2, 0) is 14.8 Å². The van der Waals surface area contributed by atoms with Crippen LogP contribution in [0.3, 0.4) is 0 Å². The Hall–Kier alpha value is -1.61. The number of carbonyl (C=O) groups is 1. The van der Waals surface area contributed by atoms with E-state index in [0.29, 0.717) is 24.5 Å². The molecule has 1 heterocycles. The molecule has 0 radical (unpaired) electrons. The molecule has 1 saturated heterocycles. The predicted molar refractivity (Wildman–Crippen MR) is 125 cm³/mol. The molecule has 1 aliphatic rings. The molecule has 0 saturated carbocycles. The molecule has 1 atom stereocenters. The van der Waals surface area contributed by atoms with Crippen LogP contribution in [0.4, 0.5) is 0 Å². The van der Waals surface area contributed by atoms with E-state index in [1.807, 2.05) is 31.2 Å². The fourth-order valence-electron chi connectivity index (χ4n) is 3.65. The molecule has 1 fully saturated rings. The molecule has 1 aliphatic heterocycles. The van der Waals surface area contributed by atoms with Crippen LogP contribution in [0.1, 0.15) is 38.3 Å². The number of rotatable bonds is 7. The van der Waals surface area contributed by atoms with E-state index in [0.717, 1.165) is 10.0 Å². The summed E-state index contributed by atoms with van der Waals surface area (Å²) < 4.78 is 34.2. The van der Waals surface area contributed by atoms with E-state index in [1.54, 1.807) is 19.1 Å². The van der Waals surface area contributed by atoms with Crippen molar-refractivity contribution in [1.82, 2.24) is 9.62 Å². The van der Waals surface area contributed by atoms with Gasteiger partial charge in [0.05, 0.1) is 12.6 Å². The van der Waals surface area contributed by atoms with Gasteiger partial charge in [0.25, 0.3) is 0 Å². The number of ether oxygens (including phenoxy) is 1. The normalized spacial score (nSPS) is 16.6. The molecule has 1 N–H and O–H groups in total. The number of amides is 1. The van der Waals surface area contributed by atoms with Gasteiger partial charge in [0.15, 0.2) is 0 Å². The number of carbonyl (C=O) groups excluding carboxylic acids is 1. The second-order valence-electron chi connectivity index (χ2n) is 7.49. The number of halogens is 2. The number of benzene rings is 2. The zero-order valence-corrected chi connectivity index (χ0v) is 20.6. The Morgan fingerprint density at radius 2 is 1.97 bits per heavy atom. The average Bonchev–Trinajstić information content (AvgIpc) is 2.75. The van der Waals surface area contributed by atoms with Crippen LogP contribution in [0.25, 0.3) is 0 Å². The molecule has 0 bridgehead atoms. The molecule has 0 aromatic heterocycles. The van der Waals surface area contributed by atoms with Crippen LogP contribution in [0.5, 0.6) is 5.75 Å². The Labute approximate surface area is 197 Å². The summed E-state index contributed by atoms with van der Waals surface area (Å²) in [5.74, 6) is 0.00340. The Kier molecular flexibility index (Phi) is 8.02. The van der Waals surface area contributed by atoms with Gasteiger partial charge in [-0.05, 0) is 62.6 Å². The largest absolute Gasteiger partial charge is 0.492 e. The molecule has 2 aromatic rings. The van der Waals surface area contributed by atoms with Gasteiger partial charge in [-0.25, -0.2) is 8.42 Å². The van der Waals surface area contributed by atoms with Gasteiger partial charge in [0.2, 0.25) is 15.9 Å². The minimum absolute atomic E-state index is 0.0534. The smallest absolute Gasteiger partial charge is 0.246 e. The van der Waals surface area contributed by atoms with Gasteiger partial charge in [0.1, 0.15) is 10.6 Å². The third-order valence-corrected chi connectivity index (χ3v) is 8.00. The Morgan fingerprint density at radius 1 is 1.26 bits per heavy atom. The number of hydrogen-bond donors (Lipinski definition) is 1.